The number of carboxylic acid groups (broad SMARTS) is 1. The second-order valence-corrected chi connectivity index (χ2v) is 4.76. The predicted octanol–water partition coefficient (Wildman–Crippen LogP) is 3.34. The Balaban J connectivity index is 2.04. The molecule has 2 heterocycles. The number of hydrogen-bond donors (Lipinski definition) is 2. The monoisotopic (exact) mass is 315 g/mol. The van der Waals surface area contributed by atoms with Crippen molar-refractivity contribution in [1.29, 1.82) is 0 Å². The first-order chi connectivity index (χ1) is 10.6. The predicted molar refractivity (Wildman–Crippen MR) is 81.2 cm³/mol. The van der Waals surface area contributed by atoms with Crippen LogP contribution < -0.4 is 4.90 Å². The zero-order valence-electron chi connectivity index (χ0n) is 11.1. The van der Waals surface area contributed by atoms with E-state index in [2.05, 4.69) is 20.2 Å². The third kappa shape index (κ3) is 2.75. The topological polar surface area (TPSA) is 95.0 Å². The molecule has 3 aromatic rings. The van der Waals surface area contributed by atoms with Crippen molar-refractivity contribution in [3.05, 3.63) is 53.9 Å². The highest BCUT2D eigenvalue weighted by molar-refractivity contribution is 6.30. The Morgan fingerprint density at radius 3 is 2.59 bits per heavy atom. The standard InChI is InChI=1S/C14H10ClN5O2/c15-9-1-3-10(4-2-9)20(14(21)22)13-8-16-7-12(18-13)11-5-6-17-19-11/h1-8H,(H,17,19)(H,21,22). The summed E-state index contributed by atoms with van der Waals surface area (Å²) < 4.78 is 0. The van der Waals surface area contributed by atoms with Gasteiger partial charge in [0, 0.05) is 11.2 Å². The maximum absolute atomic E-state index is 11.6. The first kappa shape index (κ1) is 14.0. The van der Waals surface area contributed by atoms with Crippen molar-refractivity contribution in [3.63, 3.8) is 0 Å². The Kier molecular flexibility index (Phi) is 3.71. The molecule has 7 nitrogen and oxygen atoms in total. The van der Waals surface area contributed by atoms with Gasteiger partial charge in [0.25, 0.3) is 0 Å². The van der Waals surface area contributed by atoms with E-state index in [9.17, 15) is 9.90 Å². The van der Waals surface area contributed by atoms with Crippen LogP contribution in [0, 0.1) is 0 Å². The normalized spacial score (nSPS) is 10.4. The molecule has 0 aliphatic carbocycles. The van der Waals surface area contributed by atoms with Crippen molar-refractivity contribution in [2.24, 2.45) is 0 Å². The van der Waals surface area contributed by atoms with Crippen LogP contribution in [0.3, 0.4) is 0 Å². The molecule has 0 radical (unpaired) electrons. The third-order valence-corrected chi connectivity index (χ3v) is 3.16. The maximum atomic E-state index is 11.6. The van der Waals surface area contributed by atoms with Gasteiger partial charge >= 0.3 is 6.09 Å². The van der Waals surface area contributed by atoms with Crippen molar-refractivity contribution in [2.45, 2.75) is 0 Å². The Hall–Kier alpha value is -2.93. The van der Waals surface area contributed by atoms with Crippen LogP contribution in [0.25, 0.3) is 11.4 Å². The number of amides is 1. The van der Waals surface area contributed by atoms with Gasteiger partial charge in [-0.15, -0.1) is 0 Å². The fourth-order valence-electron chi connectivity index (χ4n) is 1.92. The van der Waals surface area contributed by atoms with Crippen LogP contribution in [0.2, 0.25) is 5.02 Å². The van der Waals surface area contributed by atoms with Gasteiger partial charge < -0.3 is 5.11 Å². The minimum Gasteiger partial charge on any atom is -0.464 e. The van der Waals surface area contributed by atoms with E-state index in [0.717, 1.165) is 4.90 Å². The number of carbonyl (C=O) groups is 1. The summed E-state index contributed by atoms with van der Waals surface area (Å²) in [6, 6.07) is 8.14. The van der Waals surface area contributed by atoms with E-state index in [1.54, 1.807) is 36.5 Å². The Bertz CT molecular complexity index is 789. The van der Waals surface area contributed by atoms with Gasteiger partial charge in [-0.05, 0) is 30.3 Å². The Labute approximate surface area is 130 Å². The van der Waals surface area contributed by atoms with Crippen LogP contribution in [-0.2, 0) is 0 Å². The van der Waals surface area contributed by atoms with E-state index in [4.69, 9.17) is 11.6 Å². The summed E-state index contributed by atoms with van der Waals surface area (Å²) in [5.74, 6) is 0.182. The number of rotatable bonds is 3. The van der Waals surface area contributed by atoms with Gasteiger partial charge in [-0.2, -0.15) is 5.10 Å². The zero-order chi connectivity index (χ0) is 15.5. The molecule has 1 aromatic carbocycles. The first-order valence-electron chi connectivity index (χ1n) is 6.25. The number of halogens is 1. The van der Waals surface area contributed by atoms with E-state index >= 15 is 0 Å². The van der Waals surface area contributed by atoms with E-state index in [1.165, 1.54) is 12.4 Å². The maximum Gasteiger partial charge on any atom is 0.417 e. The molecule has 3 rings (SSSR count). The highest BCUT2D eigenvalue weighted by atomic mass is 35.5. The van der Waals surface area contributed by atoms with Crippen LogP contribution in [0.15, 0.2) is 48.9 Å². The second kappa shape index (κ2) is 5.82. The summed E-state index contributed by atoms with van der Waals surface area (Å²) in [6.07, 6.45) is 3.32. The number of H-pyrrole nitrogens is 1. The molecule has 0 spiro atoms. The third-order valence-electron chi connectivity index (χ3n) is 2.90. The van der Waals surface area contributed by atoms with E-state index in [1.807, 2.05) is 0 Å². The Morgan fingerprint density at radius 1 is 1.18 bits per heavy atom. The van der Waals surface area contributed by atoms with E-state index in [-0.39, 0.29) is 5.82 Å². The minimum absolute atomic E-state index is 0.182. The SMILES string of the molecule is O=C(O)N(c1ccc(Cl)cc1)c1cncc(-c2ccn[nH]2)n1. The molecule has 0 fully saturated rings. The van der Waals surface area contributed by atoms with Crippen LogP contribution >= 0.6 is 11.6 Å². The molecule has 8 heteroatoms. The van der Waals surface area contributed by atoms with Gasteiger partial charge in [0.2, 0.25) is 0 Å². The Morgan fingerprint density at radius 2 is 1.95 bits per heavy atom. The smallest absolute Gasteiger partial charge is 0.417 e. The van der Waals surface area contributed by atoms with E-state index in [0.29, 0.717) is 22.1 Å². The number of nitrogens with zero attached hydrogens (tertiary/aromatic N) is 4. The average Bonchev–Trinajstić information content (AvgIpc) is 3.04. The van der Waals surface area contributed by atoms with Gasteiger partial charge in [-0.3, -0.25) is 10.1 Å². The quantitative estimate of drug-likeness (QED) is 0.773. The number of hydrogen-bond acceptors (Lipinski definition) is 4. The molecule has 2 N–H and O–H groups in total. The fourth-order valence-corrected chi connectivity index (χ4v) is 2.05. The number of benzene rings is 1. The van der Waals surface area contributed by atoms with Crippen molar-refractivity contribution in [3.8, 4) is 11.4 Å². The van der Waals surface area contributed by atoms with Gasteiger partial charge in [0.05, 0.1) is 23.8 Å². The molecule has 110 valence electrons. The first-order valence-corrected chi connectivity index (χ1v) is 6.63. The van der Waals surface area contributed by atoms with Crippen LogP contribution in [0.1, 0.15) is 0 Å². The molecule has 0 unspecified atom stereocenters. The highest BCUT2D eigenvalue weighted by Gasteiger charge is 2.19. The summed E-state index contributed by atoms with van der Waals surface area (Å²) in [6.45, 7) is 0. The molecular formula is C14H10ClN5O2. The molecule has 0 aliphatic rings. The summed E-state index contributed by atoms with van der Waals surface area (Å²) in [7, 11) is 0. The summed E-state index contributed by atoms with van der Waals surface area (Å²) >= 11 is 5.83. The molecule has 1 amide bonds. The largest absolute Gasteiger partial charge is 0.464 e. The molecular weight excluding hydrogens is 306 g/mol. The molecule has 0 saturated carbocycles. The summed E-state index contributed by atoms with van der Waals surface area (Å²) in [4.78, 5) is 21.0. The lowest BCUT2D eigenvalue weighted by Gasteiger charge is -2.18. The van der Waals surface area contributed by atoms with Gasteiger partial charge in [0.15, 0.2) is 5.82 Å². The number of nitrogens with one attached hydrogen (secondary N) is 1. The molecule has 0 bridgehead atoms. The van der Waals surface area contributed by atoms with Crippen molar-refractivity contribution in [2.75, 3.05) is 4.90 Å². The van der Waals surface area contributed by atoms with E-state index < -0.39 is 6.09 Å². The molecule has 22 heavy (non-hydrogen) atoms. The van der Waals surface area contributed by atoms with Crippen molar-refractivity contribution >= 4 is 29.2 Å². The molecule has 0 aliphatic heterocycles. The lowest BCUT2D eigenvalue weighted by molar-refractivity contribution is 0.204. The summed E-state index contributed by atoms with van der Waals surface area (Å²) in [5, 5.41) is 16.6. The fraction of sp³-hybridized carbons (Fsp3) is 0. The van der Waals surface area contributed by atoms with Gasteiger partial charge in [-0.1, -0.05) is 11.6 Å². The number of aromatic amines is 1. The number of aromatic nitrogens is 4. The van der Waals surface area contributed by atoms with Crippen LogP contribution in [-0.4, -0.2) is 31.4 Å². The van der Waals surface area contributed by atoms with Gasteiger partial charge in [-0.25, -0.2) is 14.7 Å². The van der Waals surface area contributed by atoms with Gasteiger partial charge in [0.1, 0.15) is 5.69 Å². The van der Waals surface area contributed by atoms with Crippen LogP contribution in [0.5, 0.6) is 0 Å². The summed E-state index contributed by atoms with van der Waals surface area (Å²) in [5.41, 5.74) is 1.57. The lowest BCUT2D eigenvalue weighted by Crippen LogP contribution is -2.24. The molecule has 0 saturated heterocycles. The zero-order valence-corrected chi connectivity index (χ0v) is 11.9. The minimum atomic E-state index is -1.17. The average molecular weight is 316 g/mol. The van der Waals surface area contributed by atoms with Crippen molar-refractivity contribution < 1.29 is 9.90 Å². The van der Waals surface area contributed by atoms with Crippen LogP contribution in [0.4, 0.5) is 16.3 Å². The molecule has 0 atom stereocenters. The molecule has 2 aromatic heterocycles. The number of anilines is 2. The van der Waals surface area contributed by atoms with Crippen molar-refractivity contribution in [1.82, 2.24) is 20.2 Å². The second-order valence-electron chi connectivity index (χ2n) is 4.33. The highest BCUT2D eigenvalue weighted by Crippen LogP contribution is 2.26. The lowest BCUT2D eigenvalue weighted by atomic mass is 10.3.